The molecule has 0 bridgehead atoms. The fraction of sp³-hybridized carbons (Fsp3) is 0.533. The van der Waals surface area contributed by atoms with Crippen molar-refractivity contribution >= 4 is 29.1 Å². The van der Waals surface area contributed by atoms with Crippen LogP contribution in [0.15, 0.2) is 18.2 Å². The number of carbonyl (C=O) groups is 1. The van der Waals surface area contributed by atoms with E-state index in [0.717, 1.165) is 31.5 Å². The lowest BCUT2D eigenvalue weighted by atomic mass is 10.1. The zero-order valence-electron chi connectivity index (χ0n) is 11.0. The van der Waals surface area contributed by atoms with Crippen LogP contribution in [-0.2, 0) is 11.2 Å². The van der Waals surface area contributed by atoms with E-state index in [4.69, 9.17) is 23.2 Å². The van der Waals surface area contributed by atoms with E-state index in [2.05, 4.69) is 0 Å². The van der Waals surface area contributed by atoms with Gasteiger partial charge in [0.2, 0.25) is 5.91 Å². The molecule has 1 amide bonds. The molecule has 0 unspecified atom stereocenters. The van der Waals surface area contributed by atoms with Gasteiger partial charge in [0.05, 0.1) is 6.42 Å². The normalized spacial score (nSPS) is 16.8. The molecule has 104 valence electrons. The molecule has 0 saturated carbocycles. The molecule has 0 radical (unpaired) electrons. The Hall–Kier alpha value is -0.730. The average Bonchev–Trinajstić information content (AvgIpc) is 2.33. The third kappa shape index (κ3) is 4.12. The Morgan fingerprint density at radius 2 is 1.53 bits per heavy atom. The molecule has 0 atom stereocenters. The molecule has 0 spiro atoms. The summed E-state index contributed by atoms with van der Waals surface area (Å²) in [7, 11) is 0. The van der Waals surface area contributed by atoms with Crippen molar-refractivity contribution in [3.05, 3.63) is 33.8 Å². The van der Waals surface area contributed by atoms with E-state index < -0.39 is 0 Å². The Morgan fingerprint density at radius 3 is 2.11 bits per heavy atom. The van der Waals surface area contributed by atoms with Crippen molar-refractivity contribution in [1.82, 2.24) is 4.90 Å². The second-order valence-corrected chi connectivity index (χ2v) is 5.84. The van der Waals surface area contributed by atoms with Crippen LogP contribution in [0.2, 0.25) is 10.0 Å². The fourth-order valence-corrected chi connectivity index (χ4v) is 2.99. The smallest absolute Gasteiger partial charge is 0.227 e. The van der Waals surface area contributed by atoms with Crippen LogP contribution in [-0.4, -0.2) is 23.9 Å². The van der Waals surface area contributed by atoms with Gasteiger partial charge in [0.15, 0.2) is 0 Å². The summed E-state index contributed by atoms with van der Waals surface area (Å²) in [5, 5.41) is 1.15. The number of amides is 1. The second-order valence-electron chi connectivity index (χ2n) is 5.03. The van der Waals surface area contributed by atoms with Crippen molar-refractivity contribution in [3.8, 4) is 0 Å². The molecule has 1 aliphatic heterocycles. The predicted octanol–water partition coefficient (Wildman–Crippen LogP) is 4.33. The van der Waals surface area contributed by atoms with E-state index in [-0.39, 0.29) is 5.91 Å². The number of carbonyl (C=O) groups excluding carboxylic acids is 1. The van der Waals surface area contributed by atoms with E-state index in [1.807, 2.05) is 4.90 Å². The van der Waals surface area contributed by atoms with Gasteiger partial charge in [0, 0.05) is 23.1 Å². The first kappa shape index (κ1) is 14.7. The molecule has 1 aromatic rings. The molecule has 0 aliphatic carbocycles. The summed E-state index contributed by atoms with van der Waals surface area (Å²) in [6.07, 6.45) is 6.23. The molecule has 1 aromatic carbocycles. The van der Waals surface area contributed by atoms with Gasteiger partial charge >= 0.3 is 0 Å². The zero-order valence-corrected chi connectivity index (χ0v) is 12.5. The lowest BCUT2D eigenvalue weighted by Gasteiger charge is -2.25. The summed E-state index contributed by atoms with van der Waals surface area (Å²) in [4.78, 5) is 14.3. The Labute approximate surface area is 124 Å². The largest absolute Gasteiger partial charge is 0.342 e. The fourth-order valence-electron chi connectivity index (χ4n) is 2.46. The monoisotopic (exact) mass is 299 g/mol. The van der Waals surface area contributed by atoms with Gasteiger partial charge < -0.3 is 4.90 Å². The van der Waals surface area contributed by atoms with E-state index in [9.17, 15) is 4.79 Å². The summed E-state index contributed by atoms with van der Waals surface area (Å²) in [6, 6.07) is 5.36. The maximum absolute atomic E-state index is 12.3. The summed E-state index contributed by atoms with van der Waals surface area (Å²) < 4.78 is 0. The topological polar surface area (TPSA) is 20.3 Å². The third-order valence-electron chi connectivity index (χ3n) is 3.60. The number of benzene rings is 1. The highest BCUT2D eigenvalue weighted by atomic mass is 35.5. The molecule has 0 N–H and O–H groups in total. The van der Waals surface area contributed by atoms with Gasteiger partial charge in [-0.1, -0.05) is 48.5 Å². The van der Waals surface area contributed by atoms with Crippen LogP contribution >= 0.6 is 23.2 Å². The van der Waals surface area contributed by atoms with Crippen LogP contribution in [0.3, 0.4) is 0 Å². The van der Waals surface area contributed by atoms with Crippen LogP contribution in [0.25, 0.3) is 0 Å². The Bertz CT molecular complexity index is 420. The molecule has 2 nitrogen and oxygen atoms in total. The van der Waals surface area contributed by atoms with Gasteiger partial charge in [-0.15, -0.1) is 0 Å². The molecule has 1 aliphatic rings. The Balaban J connectivity index is 2.03. The van der Waals surface area contributed by atoms with Crippen LogP contribution < -0.4 is 0 Å². The molecule has 1 fully saturated rings. The Morgan fingerprint density at radius 1 is 1.00 bits per heavy atom. The molecule has 2 rings (SSSR count). The van der Waals surface area contributed by atoms with E-state index in [0.29, 0.717) is 16.5 Å². The quantitative estimate of drug-likeness (QED) is 0.796. The Kier molecular flexibility index (Phi) is 5.53. The van der Waals surface area contributed by atoms with E-state index in [1.165, 1.54) is 19.3 Å². The number of likely N-dealkylation sites (tertiary alicyclic amines) is 1. The van der Waals surface area contributed by atoms with Crippen LogP contribution in [0.4, 0.5) is 0 Å². The summed E-state index contributed by atoms with van der Waals surface area (Å²) in [6.45, 7) is 1.72. The first-order valence-corrected chi connectivity index (χ1v) is 7.65. The van der Waals surface area contributed by atoms with Crippen LogP contribution in [0.1, 0.15) is 37.7 Å². The molecule has 0 aromatic heterocycles. The first-order chi connectivity index (χ1) is 9.18. The van der Waals surface area contributed by atoms with Gasteiger partial charge in [0.1, 0.15) is 0 Å². The lowest BCUT2D eigenvalue weighted by molar-refractivity contribution is -0.130. The maximum Gasteiger partial charge on any atom is 0.227 e. The zero-order chi connectivity index (χ0) is 13.7. The van der Waals surface area contributed by atoms with Crippen LogP contribution in [0, 0.1) is 0 Å². The number of hydrogen-bond acceptors (Lipinski definition) is 1. The summed E-state index contributed by atoms with van der Waals surface area (Å²) in [5.74, 6) is 0.136. The van der Waals surface area contributed by atoms with Crippen molar-refractivity contribution in [2.75, 3.05) is 13.1 Å². The van der Waals surface area contributed by atoms with E-state index >= 15 is 0 Å². The second kappa shape index (κ2) is 7.16. The summed E-state index contributed by atoms with van der Waals surface area (Å²) >= 11 is 12.2. The van der Waals surface area contributed by atoms with Crippen molar-refractivity contribution in [3.63, 3.8) is 0 Å². The minimum absolute atomic E-state index is 0.136. The number of rotatable bonds is 2. The van der Waals surface area contributed by atoms with Crippen molar-refractivity contribution in [2.24, 2.45) is 0 Å². The third-order valence-corrected chi connectivity index (χ3v) is 4.31. The highest BCUT2D eigenvalue weighted by molar-refractivity contribution is 6.36. The lowest BCUT2D eigenvalue weighted by Crippen LogP contribution is -2.35. The summed E-state index contributed by atoms with van der Waals surface area (Å²) in [5.41, 5.74) is 0.748. The van der Waals surface area contributed by atoms with Crippen molar-refractivity contribution in [1.29, 1.82) is 0 Å². The van der Waals surface area contributed by atoms with Gasteiger partial charge in [-0.3, -0.25) is 4.79 Å². The molecule has 1 saturated heterocycles. The van der Waals surface area contributed by atoms with E-state index in [1.54, 1.807) is 18.2 Å². The van der Waals surface area contributed by atoms with Crippen LogP contribution in [0.5, 0.6) is 0 Å². The number of nitrogens with zero attached hydrogens (tertiary/aromatic N) is 1. The molecular formula is C15H19Cl2NO. The maximum atomic E-state index is 12.3. The van der Waals surface area contributed by atoms with Gasteiger partial charge in [0.25, 0.3) is 0 Å². The predicted molar refractivity (Wildman–Crippen MR) is 79.8 cm³/mol. The standard InChI is InChI=1S/C15H19Cl2NO/c16-13-7-6-8-14(17)12(13)11-15(19)18-9-4-2-1-3-5-10-18/h6-8H,1-5,9-11H2. The number of hydrogen-bond donors (Lipinski definition) is 0. The SMILES string of the molecule is O=C(Cc1c(Cl)cccc1Cl)N1CCCCCCC1. The van der Waals surface area contributed by atoms with Crippen molar-refractivity contribution < 1.29 is 4.79 Å². The van der Waals surface area contributed by atoms with Gasteiger partial charge in [-0.05, 0) is 30.5 Å². The highest BCUT2D eigenvalue weighted by Gasteiger charge is 2.17. The van der Waals surface area contributed by atoms with Gasteiger partial charge in [-0.25, -0.2) is 0 Å². The van der Waals surface area contributed by atoms with Crippen molar-refractivity contribution in [2.45, 2.75) is 38.5 Å². The molecule has 19 heavy (non-hydrogen) atoms. The molecule has 4 heteroatoms. The first-order valence-electron chi connectivity index (χ1n) is 6.89. The molecular weight excluding hydrogens is 281 g/mol. The highest BCUT2D eigenvalue weighted by Crippen LogP contribution is 2.25. The minimum atomic E-state index is 0.136. The minimum Gasteiger partial charge on any atom is -0.342 e. The number of halogens is 2. The molecule has 1 heterocycles. The average molecular weight is 300 g/mol. The van der Waals surface area contributed by atoms with Gasteiger partial charge in [-0.2, -0.15) is 0 Å².